The van der Waals surface area contributed by atoms with Crippen LogP contribution in [0.25, 0.3) is 0 Å². The van der Waals surface area contributed by atoms with Gasteiger partial charge in [0.25, 0.3) is 0 Å². The Morgan fingerprint density at radius 3 is 2.26 bits per heavy atom. The van der Waals surface area contributed by atoms with E-state index >= 15 is 0 Å². The first-order valence-corrected chi connectivity index (χ1v) is 9.41. The van der Waals surface area contributed by atoms with Crippen molar-refractivity contribution < 1.29 is 4.79 Å². The van der Waals surface area contributed by atoms with Crippen LogP contribution in [0, 0.1) is 0 Å². The normalized spacial score (nSPS) is 11.7. The van der Waals surface area contributed by atoms with E-state index in [0.29, 0.717) is 18.0 Å². The fourth-order valence-electron chi connectivity index (χ4n) is 2.98. The second kappa shape index (κ2) is 9.83. The zero-order valence-electron chi connectivity index (χ0n) is 15.0. The van der Waals surface area contributed by atoms with E-state index in [0.717, 1.165) is 24.0 Å². The van der Waals surface area contributed by atoms with Gasteiger partial charge in [0.05, 0.1) is 5.92 Å². The molecule has 138 valence electrons. The average molecular weight is 380 g/mol. The Bertz CT molecular complexity index is 838. The summed E-state index contributed by atoms with van der Waals surface area (Å²) in [4.78, 5) is 21.1. The van der Waals surface area contributed by atoms with Crippen molar-refractivity contribution >= 4 is 17.5 Å². The van der Waals surface area contributed by atoms with E-state index < -0.39 is 0 Å². The van der Waals surface area contributed by atoms with E-state index in [4.69, 9.17) is 11.6 Å². The van der Waals surface area contributed by atoms with Gasteiger partial charge in [0, 0.05) is 36.4 Å². The number of halogens is 1. The largest absolute Gasteiger partial charge is 0.356 e. The Kier molecular flexibility index (Phi) is 6.94. The van der Waals surface area contributed by atoms with Crippen molar-refractivity contribution in [3.8, 4) is 0 Å². The lowest BCUT2D eigenvalue weighted by Crippen LogP contribution is -2.31. The predicted octanol–water partition coefficient (Wildman–Crippen LogP) is 4.21. The lowest BCUT2D eigenvalue weighted by Gasteiger charge is -2.17. The maximum absolute atomic E-state index is 12.9. The molecule has 0 aliphatic carbocycles. The van der Waals surface area contributed by atoms with Gasteiger partial charge < -0.3 is 5.32 Å². The second-order valence-corrected chi connectivity index (χ2v) is 6.86. The minimum absolute atomic E-state index is 0.0207. The summed E-state index contributed by atoms with van der Waals surface area (Å²) in [6.07, 6.45) is 9.53. The monoisotopic (exact) mass is 379 g/mol. The van der Waals surface area contributed by atoms with Crippen molar-refractivity contribution in [2.24, 2.45) is 0 Å². The summed E-state index contributed by atoms with van der Waals surface area (Å²) in [5.41, 5.74) is 3.16. The molecule has 0 saturated carbocycles. The quantitative estimate of drug-likeness (QED) is 0.596. The van der Waals surface area contributed by atoms with Gasteiger partial charge in [-0.15, -0.1) is 0 Å². The highest BCUT2D eigenvalue weighted by molar-refractivity contribution is 6.30. The molecule has 0 fully saturated rings. The van der Waals surface area contributed by atoms with Crippen molar-refractivity contribution in [2.75, 3.05) is 6.54 Å². The Hall–Kier alpha value is -2.72. The first-order chi connectivity index (χ1) is 13.2. The molecule has 3 aromatic rings. The van der Waals surface area contributed by atoms with Gasteiger partial charge in [0.1, 0.15) is 0 Å². The van der Waals surface area contributed by atoms with Crippen LogP contribution >= 0.6 is 11.6 Å². The van der Waals surface area contributed by atoms with Crippen molar-refractivity contribution in [1.82, 2.24) is 15.3 Å². The first-order valence-electron chi connectivity index (χ1n) is 9.03. The number of aromatic nitrogens is 2. The molecule has 1 atom stereocenters. The predicted molar refractivity (Wildman–Crippen MR) is 108 cm³/mol. The van der Waals surface area contributed by atoms with Crippen LogP contribution in [-0.2, 0) is 17.6 Å². The molecule has 0 aliphatic heterocycles. The van der Waals surface area contributed by atoms with E-state index in [1.807, 2.05) is 54.7 Å². The van der Waals surface area contributed by atoms with Gasteiger partial charge in [-0.2, -0.15) is 0 Å². The molecular weight excluding hydrogens is 358 g/mol. The number of hydrogen-bond acceptors (Lipinski definition) is 3. The topological polar surface area (TPSA) is 54.9 Å². The summed E-state index contributed by atoms with van der Waals surface area (Å²) in [5, 5.41) is 3.74. The molecule has 5 heteroatoms. The van der Waals surface area contributed by atoms with Crippen LogP contribution in [0.5, 0.6) is 0 Å². The molecule has 2 aromatic heterocycles. The first kappa shape index (κ1) is 19.1. The van der Waals surface area contributed by atoms with E-state index in [9.17, 15) is 4.79 Å². The third-order valence-corrected chi connectivity index (χ3v) is 4.67. The lowest BCUT2D eigenvalue weighted by molar-refractivity contribution is -0.122. The van der Waals surface area contributed by atoms with Crippen molar-refractivity contribution in [2.45, 2.75) is 25.2 Å². The van der Waals surface area contributed by atoms with Crippen LogP contribution in [0.4, 0.5) is 0 Å². The summed E-state index contributed by atoms with van der Waals surface area (Å²) >= 11 is 6.00. The number of hydrogen-bond donors (Lipinski definition) is 1. The third-order valence-electron chi connectivity index (χ3n) is 4.42. The van der Waals surface area contributed by atoms with Gasteiger partial charge >= 0.3 is 0 Å². The standard InChI is InChI=1S/C22H22ClN3O/c23-20-9-7-19(8-10-20)21(14-18-6-2-12-25-16-18)22(27)26-13-3-5-17-4-1-11-24-15-17/h1-2,4,6-12,15-16,21H,3,5,13-14H2,(H,26,27). The Labute approximate surface area is 164 Å². The molecule has 3 rings (SSSR count). The molecule has 1 unspecified atom stereocenters. The highest BCUT2D eigenvalue weighted by Gasteiger charge is 2.21. The molecule has 0 bridgehead atoms. The minimum Gasteiger partial charge on any atom is -0.356 e. The summed E-state index contributed by atoms with van der Waals surface area (Å²) in [7, 11) is 0. The molecule has 0 aliphatic rings. The SMILES string of the molecule is O=C(NCCCc1cccnc1)C(Cc1cccnc1)c1ccc(Cl)cc1. The molecule has 1 N–H and O–H groups in total. The smallest absolute Gasteiger partial charge is 0.227 e. The highest BCUT2D eigenvalue weighted by Crippen LogP contribution is 2.23. The molecule has 0 saturated heterocycles. The molecule has 1 amide bonds. The number of nitrogens with one attached hydrogen (secondary N) is 1. The number of pyridine rings is 2. The van der Waals surface area contributed by atoms with Gasteiger partial charge in [0.2, 0.25) is 5.91 Å². The number of carbonyl (C=O) groups excluding carboxylic acids is 1. The van der Waals surface area contributed by atoms with E-state index in [1.54, 1.807) is 18.6 Å². The molecule has 4 nitrogen and oxygen atoms in total. The molecule has 27 heavy (non-hydrogen) atoms. The molecular formula is C22H22ClN3O. The van der Waals surface area contributed by atoms with Crippen LogP contribution in [0.15, 0.2) is 73.3 Å². The number of aryl methyl sites for hydroxylation is 1. The second-order valence-electron chi connectivity index (χ2n) is 6.43. The molecule has 1 aromatic carbocycles. The number of rotatable bonds is 8. The summed E-state index contributed by atoms with van der Waals surface area (Å²) in [6, 6.07) is 15.3. The maximum atomic E-state index is 12.9. The molecule has 2 heterocycles. The summed E-state index contributed by atoms with van der Waals surface area (Å²) in [6.45, 7) is 0.630. The van der Waals surface area contributed by atoms with Crippen LogP contribution in [0.1, 0.15) is 29.0 Å². The van der Waals surface area contributed by atoms with Crippen LogP contribution in [0.2, 0.25) is 5.02 Å². The zero-order chi connectivity index (χ0) is 18.9. The fraction of sp³-hybridized carbons (Fsp3) is 0.227. The molecule has 0 radical (unpaired) electrons. The van der Waals surface area contributed by atoms with Gasteiger partial charge in [0.15, 0.2) is 0 Å². The lowest BCUT2D eigenvalue weighted by atomic mass is 9.91. The van der Waals surface area contributed by atoms with E-state index in [2.05, 4.69) is 15.3 Å². The van der Waals surface area contributed by atoms with E-state index in [1.165, 1.54) is 5.56 Å². The summed E-state index contributed by atoms with van der Waals surface area (Å²) in [5.74, 6) is -0.253. The fourth-order valence-corrected chi connectivity index (χ4v) is 3.11. The van der Waals surface area contributed by atoms with Gasteiger partial charge in [-0.05, 0) is 60.2 Å². The number of amides is 1. The van der Waals surface area contributed by atoms with Crippen molar-refractivity contribution in [3.63, 3.8) is 0 Å². The zero-order valence-corrected chi connectivity index (χ0v) is 15.8. The highest BCUT2D eigenvalue weighted by atomic mass is 35.5. The number of benzene rings is 1. The Balaban J connectivity index is 1.62. The minimum atomic E-state index is -0.273. The third kappa shape index (κ3) is 5.90. The Morgan fingerprint density at radius 1 is 0.963 bits per heavy atom. The van der Waals surface area contributed by atoms with Gasteiger partial charge in [-0.1, -0.05) is 35.9 Å². The number of carbonyl (C=O) groups is 1. The van der Waals surface area contributed by atoms with Crippen LogP contribution in [0.3, 0.4) is 0 Å². The maximum Gasteiger partial charge on any atom is 0.227 e. The van der Waals surface area contributed by atoms with Gasteiger partial charge in [-0.25, -0.2) is 0 Å². The van der Waals surface area contributed by atoms with Crippen LogP contribution in [-0.4, -0.2) is 22.4 Å². The Morgan fingerprint density at radius 2 is 1.63 bits per heavy atom. The van der Waals surface area contributed by atoms with E-state index in [-0.39, 0.29) is 11.8 Å². The number of nitrogens with zero attached hydrogens (tertiary/aromatic N) is 2. The van der Waals surface area contributed by atoms with Crippen molar-refractivity contribution in [1.29, 1.82) is 0 Å². The summed E-state index contributed by atoms with van der Waals surface area (Å²) < 4.78 is 0. The van der Waals surface area contributed by atoms with Gasteiger partial charge in [-0.3, -0.25) is 14.8 Å². The average Bonchev–Trinajstić information content (AvgIpc) is 2.72. The van der Waals surface area contributed by atoms with Crippen molar-refractivity contribution in [3.05, 3.63) is 95.0 Å². The molecule has 0 spiro atoms. The van der Waals surface area contributed by atoms with Crippen LogP contribution < -0.4 is 5.32 Å².